The quantitative estimate of drug-likeness (QED) is 0.822. The van der Waals surface area contributed by atoms with E-state index < -0.39 is 0 Å². The highest BCUT2D eigenvalue weighted by atomic mass is 35.5. The Morgan fingerprint density at radius 2 is 2.00 bits per heavy atom. The van der Waals surface area contributed by atoms with Crippen molar-refractivity contribution >= 4 is 35.6 Å². The lowest BCUT2D eigenvalue weighted by Gasteiger charge is -2.11. The monoisotopic (exact) mass is 252 g/mol. The van der Waals surface area contributed by atoms with E-state index in [0.717, 1.165) is 5.56 Å². The molecule has 1 aliphatic carbocycles. The first-order valence-corrected chi connectivity index (χ1v) is 5.01. The van der Waals surface area contributed by atoms with Gasteiger partial charge in [0.05, 0.1) is 0 Å². The predicted octanol–water partition coefficient (Wildman–Crippen LogP) is 3.22. The van der Waals surface area contributed by atoms with E-state index >= 15 is 0 Å². The summed E-state index contributed by atoms with van der Waals surface area (Å²) < 4.78 is 0. The first-order valence-electron chi connectivity index (χ1n) is 4.26. The van der Waals surface area contributed by atoms with Crippen molar-refractivity contribution in [3.8, 4) is 0 Å². The zero-order chi connectivity index (χ0) is 9.42. The summed E-state index contributed by atoms with van der Waals surface area (Å²) in [4.78, 5) is 3.96. The first-order chi connectivity index (χ1) is 6.18. The molecule has 2 rings (SSSR count). The number of pyridine rings is 1. The van der Waals surface area contributed by atoms with Gasteiger partial charge in [0.1, 0.15) is 10.3 Å². The van der Waals surface area contributed by atoms with Gasteiger partial charge >= 0.3 is 0 Å². The lowest BCUT2D eigenvalue weighted by molar-refractivity contribution is 0.631. The van der Waals surface area contributed by atoms with Crippen LogP contribution in [0.3, 0.4) is 0 Å². The molecule has 1 aromatic rings. The van der Waals surface area contributed by atoms with Gasteiger partial charge in [-0.2, -0.15) is 0 Å². The summed E-state index contributed by atoms with van der Waals surface area (Å²) in [5, 5.41) is 0.851. The minimum Gasteiger partial charge on any atom is -0.324 e. The molecule has 1 saturated carbocycles. The minimum atomic E-state index is 0. The summed E-state index contributed by atoms with van der Waals surface area (Å²) in [6.07, 6.45) is 2.39. The molecule has 0 aliphatic heterocycles. The Bertz CT molecular complexity index is 326. The lowest BCUT2D eigenvalue weighted by atomic mass is 10.1. The van der Waals surface area contributed by atoms with Crippen molar-refractivity contribution in [1.29, 1.82) is 0 Å². The van der Waals surface area contributed by atoms with Crippen LogP contribution >= 0.6 is 35.6 Å². The third kappa shape index (κ3) is 2.51. The summed E-state index contributed by atoms with van der Waals surface area (Å²) in [5.74, 6) is 0.584. The minimum absolute atomic E-state index is 0. The van der Waals surface area contributed by atoms with E-state index in [4.69, 9.17) is 28.9 Å². The van der Waals surface area contributed by atoms with Crippen LogP contribution in [0.2, 0.25) is 10.3 Å². The maximum Gasteiger partial charge on any atom is 0.135 e. The molecule has 1 aliphatic rings. The number of hydrogen-bond donors (Lipinski definition) is 1. The number of halogens is 3. The molecule has 78 valence electrons. The molecule has 0 saturated heterocycles. The molecule has 0 radical (unpaired) electrons. The number of aromatic nitrogens is 1. The van der Waals surface area contributed by atoms with Gasteiger partial charge in [-0.05, 0) is 24.8 Å². The van der Waals surface area contributed by atoms with E-state index in [1.54, 1.807) is 6.07 Å². The van der Waals surface area contributed by atoms with Gasteiger partial charge in [-0.3, -0.25) is 0 Å². The van der Waals surface area contributed by atoms with Crippen molar-refractivity contribution in [1.82, 2.24) is 4.98 Å². The lowest BCUT2D eigenvalue weighted by Crippen LogP contribution is -2.13. The molecule has 0 unspecified atom stereocenters. The smallest absolute Gasteiger partial charge is 0.135 e. The molecule has 2 N–H and O–H groups in total. The fraction of sp³-hybridized carbons (Fsp3) is 0.444. The summed E-state index contributed by atoms with van der Waals surface area (Å²) in [6.45, 7) is 0. The van der Waals surface area contributed by atoms with Gasteiger partial charge < -0.3 is 5.73 Å². The predicted molar refractivity (Wildman–Crippen MR) is 61.2 cm³/mol. The number of nitrogens with two attached hydrogens (primary N) is 1. The van der Waals surface area contributed by atoms with Crippen molar-refractivity contribution in [2.75, 3.05) is 0 Å². The van der Waals surface area contributed by atoms with Crippen LogP contribution in [0.4, 0.5) is 0 Å². The van der Waals surface area contributed by atoms with Crippen molar-refractivity contribution < 1.29 is 0 Å². The Morgan fingerprint density at radius 1 is 1.36 bits per heavy atom. The van der Waals surface area contributed by atoms with Crippen LogP contribution in [0.15, 0.2) is 12.1 Å². The molecule has 1 fully saturated rings. The molecule has 0 amide bonds. The van der Waals surface area contributed by atoms with E-state index in [1.165, 1.54) is 12.8 Å². The Kier molecular flexibility index (Phi) is 4.02. The van der Waals surface area contributed by atoms with Crippen LogP contribution < -0.4 is 5.73 Å². The maximum atomic E-state index is 5.98. The zero-order valence-electron chi connectivity index (χ0n) is 7.41. The summed E-state index contributed by atoms with van der Waals surface area (Å²) in [7, 11) is 0. The van der Waals surface area contributed by atoms with Gasteiger partial charge in [-0.1, -0.05) is 29.3 Å². The van der Waals surface area contributed by atoms with E-state index in [-0.39, 0.29) is 18.4 Å². The highest BCUT2D eigenvalue weighted by Gasteiger charge is 2.30. The maximum absolute atomic E-state index is 5.98. The van der Waals surface area contributed by atoms with Gasteiger partial charge in [-0.15, -0.1) is 12.4 Å². The van der Waals surface area contributed by atoms with Gasteiger partial charge in [0.15, 0.2) is 0 Å². The molecular formula is C9H11Cl3N2. The Balaban J connectivity index is 0.000000980. The number of rotatable bonds is 2. The number of hydrogen-bond acceptors (Lipinski definition) is 2. The van der Waals surface area contributed by atoms with Gasteiger partial charge in [0, 0.05) is 11.6 Å². The summed E-state index contributed by atoms with van der Waals surface area (Å²) in [5.41, 5.74) is 6.89. The second-order valence-electron chi connectivity index (χ2n) is 3.38. The first kappa shape index (κ1) is 12.1. The molecule has 2 nitrogen and oxygen atoms in total. The topological polar surface area (TPSA) is 38.9 Å². The van der Waals surface area contributed by atoms with E-state index in [9.17, 15) is 0 Å². The van der Waals surface area contributed by atoms with Crippen molar-refractivity contribution in [3.63, 3.8) is 0 Å². The van der Waals surface area contributed by atoms with E-state index in [2.05, 4.69) is 4.98 Å². The van der Waals surface area contributed by atoms with Crippen LogP contribution in [-0.4, -0.2) is 4.98 Å². The molecule has 0 aromatic carbocycles. The Hall–Kier alpha value is -0.0200. The van der Waals surface area contributed by atoms with Crippen LogP contribution in [0.1, 0.15) is 24.4 Å². The second-order valence-corrected chi connectivity index (χ2v) is 4.12. The van der Waals surface area contributed by atoms with Crippen molar-refractivity contribution in [2.45, 2.75) is 18.9 Å². The average Bonchev–Trinajstić information content (AvgIpc) is 2.85. The normalized spacial score (nSPS) is 17.4. The van der Waals surface area contributed by atoms with Gasteiger partial charge in [-0.25, -0.2) is 4.98 Å². The molecule has 5 heteroatoms. The molecule has 0 bridgehead atoms. The van der Waals surface area contributed by atoms with E-state index in [1.807, 2.05) is 6.07 Å². The van der Waals surface area contributed by atoms with Gasteiger partial charge in [0.25, 0.3) is 0 Å². The average molecular weight is 254 g/mol. The van der Waals surface area contributed by atoms with Crippen molar-refractivity contribution in [2.24, 2.45) is 11.7 Å². The second kappa shape index (κ2) is 4.67. The SMILES string of the molecule is Cl.N[C@@H](c1ccc(Cl)nc1Cl)C1CC1. The molecule has 1 aromatic heterocycles. The highest BCUT2D eigenvalue weighted by molar-refractivity contribution is 6.32. The van der Waals surface area contributed by atoms with Crippen LogP contribution in [-0.2, 0) is 0 Å². The third-order valence-electron chi connectivity index (χ3n) is 2.33. The standard InChI is InChI=1S/C9H10Cl2N2.ClH/c10-7-4-3-6(9(11)13-7)8(12)5-1-2-5;/h3-5,8H,1-2,12H2;1H/t8-;/m1./s1. The van der Waals surface area contributed by atoms with Gasteiger partial charge in [0.2, 0.25) is 0 Å². The van der Waals surface area contributed by atoms with Crippen LogP contribution in [0.5, 0.6) is 0 Å². The Labute approximate surface area is 99.2 Å². The molecule has 14 heavy (non-hydrogen) atoms. The summed E-state index contributed by atoms with van der Waals surface area (Å²) >= 11 is 11.6. The molecular weight excluding hydrogens is 242 g/mol. The molecule has 1 heterocycles. The molecule has 0 spiro atoms. The molecule has 1 atom stereocenters. The van der Waals surface area contributed by atoms with Crippen LogP contribution in [0, 0.1) is 5.92 Å². The fourth-order valence-corrected chi connectivity index (χ4v) is 1.85. The fourth-order valence-electron chi connectivity index (χ4n) is 1.38. The van der Waals surface area contributed by atoms with E-state index in [0.29, 0.717) is 16.2 Å². The Morgan fingerprint density at radius 3 is 2.50 bits per heavy atom. The summed E-state index contributed by atoms with van der Waals surface area (Å²) in [6, 6.07) is 3.61. The third-order valence-corrected chi connectivity index (χ3v) is 2.85. The van der Waals surface area contributed by atoms with Crippen molar-refractivity contribution in [3.05, 3.63) is 28.0 Å². The number of nitrogens with zero attached hydrogens (tertiary/aromatic N) is 1. The zero-order valence-corrected chi connectivity index (χ0v) is 9.74. The van der Waals surface area contributed by atoms with Crippen LogP contribution in [0.25, 0.3) is 0 Å². The highest BCUT2D eigenvalue weighted by Crippen LogP contribution is 2.41. The largest absolute Gasteiger partial charge is 0.324 e.